The number of nitrogens with zero attached hydrogens (tertiary/aromatic N) is 4. The maximum Gasteiger partial charge on any atom is 0.410 e. The summed E-state index contributed by atoms with van der Waals surface area (Å²) in [6.07, 6.45) is -3.89. The Bertz CT molecular complexity index is 1640. The molecule has 0 spiro atoms. The fourth-order valence-electron chi connectivity index (χ4n) is 4.97. The SMILES string of the molecule is Cc1c(NC(=O)c2cnn3c2N[C@@H](c2ccc4c(c2)OCO4)C[C@H]3C(F)(F)F)c(=O)n(-c2ccccc2)n1C. The summed E-state index contributed by atoms with van der Waals surface area (Å²) >= 11 is 0. The second-order valence-electron chi connectivity index (χ2n) is 9.34. The molecule has 0 saturated heterocycles. The molecular formula is C26H23F3N6O4. The highest BCUT2D eigenvalue weighted by molar-refractivity contribution is 6.07. The largest absolute Gasteiger partial charge is 0.454 e. The molecule has 1 amide bonds. The van der Waals surface area contributed by atoms with Crippen molar-refractivity contribution >= 4 is 17.4 Å². The Kier molecular flexibility index (Phi) is 5.66. The Hall–Kier alpha value is -4.68. The van der Waals surface area contributed by atoms with Gasteiger partial charge in [-0.05, 0) is 36.8 Å². The summed E-state index contributed by atoms with van der Waals surface area (Å²) in [5.74, 6) is 0.0818. The highest BCUT2D eigenvalue weighted by atomic mass is 19.4. The number of aromatic nitrogens is 4. The number of benzene rings is 2. The Morgan fingerprint density at radius 2 is 1.87 bits per heavy atom. The number of carbonyl (C=O) groups excluding carboxylic acids is 1. The van der Waals surface area contributed by atoms with Gasteiger partial charge in [-0.15, -0.1) is 0 Å². The second-order valence-corrected chi connectivity index (χ2v) is 9.34. The molecule has 6 rings (SSSR count). The molecule has 13 heteroatoms. The number of ether oxygens (including phenoxy) is 2. The topological polar surface area (TPSA) is 104 Å². The van der Waals surface area contributed by atoms with Gasteiger partial charge < -0.3 is 20.1 Å². The van der Waals surface area contributed by atoms with Crippen molar-refractivity contribution in [2.24, 2.45) is 7.05 Å². The van der Waals surface area contributed by atoms with Crippen LogP contribution in [0.1, 0.15) is 40.1 Å². The van der Waals surface area contributed by atoms with E-state index in [0.717, 1.165) is 10.9 Å². The lowest BCUT2D eigenvalue weighted by molar-refractivity contribution is -0.173. The lowest BCUT2D eigenvalue weighted by Crippen LogP contribution is -2.36. The summed E-state index contributed by atoms with van der Waals surface area (Å²) < 4.78 is 56.8. The molecule has 202 valence electrons. The minimum Gasteiger partial charge on any atom is -0.454 e. The average molecular weight is 541 g/mol. The lowest BCUT2D eigenvalue weighted by Gasteiger charge is -2.34. The summed E-state index contributed by atoms with van der Waals surface area (Å²) in [6.45, 7) is 1.70. The van der Waals surface area contributed by atoms with Gasteiger partial charge in [0.2, 0.25) is 6.79 Å². The molecular weight excluding hydrogens is 517 g/mol. The monoisotopic (exact) mass is 540 g/mol. The quantitative estimate of drug-likeness (QED) is 0.400. The van der Waals surface area contributed by atoms with Gasteiger partial charge in [0.1, 0.15) is 17.1 Å². The van der Waals surface area contributed by atoms with Gasteiger partial charge in [-0.3, -0.25) is 14.3 Å². The summed E-state index contributed by atoms with van der Waals surface area (Å²) in [5.41, 5.74) is 1.02. The van der Waals surface area contributed by atoms with E-state index in [9.17, 15) is 22.8 Å². The number of hydrogen-bond acceptors (Lipinski definition) is 6. The van der Waals surface area contributed by atoms with Crippen LogP contribution in [0.15, 0.2) is 59.5 Å². The van der Waals surface area contributed by atoms with Gasteiger partial charge in [0.25, 0.3) is 11.5 Å². The molecule has 2 aliphatic heterocycles. The fourth-order valence-corrected chi connectivity index (χ4v) is 4.97. The van der Waals surface area contributed by atoms with Crippen LogP contribution in [0.4, 0.5) is 24.7 Å². The smallest absolute Gasteiger partial charge is 0.410 e. The summed E-state index contributed by atoms with van der Waals surface area (Å²) in [6, 6.07) is 11.0. The Morgan fingerprint density at radius 3 is 2.62 bits per heavy atom. The van der Waals surface area contributed by atoms with E-state index in [1.807, 2.05) is 6.07 Å². The van der Waals surface area contributed by atoms with Crippen molar-refractivity contribution in [1.82, 2.24) is 19.1 Å². The molecule has 39 heavy (non-hydrogen) atoms. The first-order chi connectivity index (χ1) is 18.6. The molecule has 2 aliphatic rings. The van der Waals surface area contributed by atoms with Crippen molar-refractivity contribution in [3.05, 3.63) is 81.9 Å². The molecule has 0 bridgehead atoms. The van der Waals surface area contributed by atoms with Crippen molar-refractivity contribution in [1.29, 1.82) is 0 Å². The van der Waals surface area contributed by atoms with E-state index < -0.39 is 29.7 Å². The number of halogens is 3. The maximum atomic E-state index is 14.1. The van der Waals surface area contributed by atoms with Crippen LogP contribution in [0.2, 0.25) is 0 Å². The van der Waals surface area contributed by atoms with Gasteiger partial charge in [-0.2, -0.15) is 18.3 Å². The van der Waals surface area contributed by atoms with Crippen LogP contribution in [0.5, 0.6) is 11.5 Å². The zero-order valence-corrected chi connectivity index (χ0v) is 20.8. The normalized spacial score (nSPS) is 18.0. The number of para-hydroxylation sites is 1. The predicted molar refractivity (Wildman–Crippen MR) is 135 cm³/mol. The van der Waals surface area contributed by atoms with Crippen molar-refractivity contribution < 1.29 is 27.4 Å². The van der Waals surface area contributed by atoms with Gasteiger partial charge in [0.15, 0.2) is 17.5 Å². The minimum absolute atomic E-state index is 0.0156. The lowest BCUT2D eigenvalue weighted by atomic mass is 9.96. The van der Waals surface area contributed by atoms with E-state index in [1.54, 1.807) is 61.1 Å². The summed E-state index contributed by atoms with van der Waals surface area (Å²) in [5, 5.41) is 9.56. The van der Waals surface area contributed by atoms with E-state index >= 15 is 0 Å². The molecule has 0 fully saturated rings. The van der Waals surface area contributed by atoms with Crippen molar-refractivity contribution in [2.75, 3.05) is 17.4 Å². The van der Waals surface area contributed by atoms with Crippen molar-refractivity contribution in [3.63, 3.8) is 0 Å². The van der Waals surface area contributed by atoms with Crippen LogP contribution in [0.25, 0.3) is 5.69 Å². The third-order valence-electron chi connectivity index (χ3n) is 7.07. The van der Waals surface area contributed by atoms with Crippen LogP contribution in [-0.2, 0) is 7.05 Å². The van der Waals surface area contributed by atoms with E-state index in [0.29, 0.717) is 28.4 Å². The Balaban J connectivity index is 1.35. The number of carbonyl (C=O) groups is 1. The maximum absolute atomic E-state index is 14.1. The molecule has 2 aromatic carbocycles. The molecule has 0 saturated carbocycles. The molecule has 10 nitrogen and oxygen atoms in total. The van der Waals surface area contributed by atoms with Crippen molar-refractivity contribution in [2.45, 2.75) is 31.6 Å². The van der Waals surface area contributed by atoms with Crippen LogP contribution >= 0.6 is 0 Å². The second kappa shape index (κ2) is 8.96. The third kappa shape index (κ3) is 4.10. The molecule has 2 atom stereocenters. The number of hydrogen-bond donors (Lipinski definition) is 2. The van der Waals surface area contributed by atoms with Gasteiger partial charge >= 0.3 is 6.18 Å². The molecule has 4 aromatic rings. The first-order valence-corrected chi connectivity index (χ1v) is 12.1. The highest BCUT2D eigenvalue weighted by Crippen LogP contribution is 2.45. The van der Waals surface area contributed by atoms with Crippen LogP contribution in [0.3, 0.4) is 0 Å². The number of nitrogens with one attached hydrogen (secondary N) is 2. The van der Waals surface area contributed by atoms with Crippen molar-refractivity contribution in [3.8, 4) is 17.2 Å². The first-order valence-electron chi connectivity index (χ1n) is 12.1. The van der Waals surface area contributed by atoms with Crippen LogP contribution in [-0.4, -0.2) is 38.0 Å². The molecule has 4 heterocycles. The van der Waals surface area contributed by atoms with Crippen LogP contribution in [0, 0.1) is 6.92 Å². The van der Waals surface area contributed by atoms with Gasteiger partial charge in [-0.1, -0.05) is 24.3 Å². The third-order valence-corrected chi connectivity index (χ3v) is 7.07. The average Bonchev–Trinajstić information content (AvgIpc) is 3.61. The number of fused-ring (bicyclic) bond motifs is 2. The Labute approximate surface area is 219 Å². The molecule has 2 N–H and O–H groups in total. The standard InChI is InChI=1S/C26H23F3N6O4/c1-14-22(25(37)35(33(14)2)16-6-4-3-5-7-16)32-24(36)17-12-30-34-21(26(27,28)29)11-18(31-23(17)34)15-8-9-19-20(10-15)39-13-38-19/h3-10,12,18,21,31H,11,13H2,1-2H3,(H,32,36)/t18-,21+/m1/s1. The number of alkyl halides is 3. The molecule has 0 unspecified atom stereocenters. The zero-order chi connectivity index (χ0) is 27.5. The molecule has 0 aliphatic carbocycles. The van der Waals surface area contributed by atoms with Gasteiger partial charge in [0, 0.05) is 13.5 Å². The van der Waals surface area contributed by atoms with Crippen LogP contribution < -0.4 is 25.7 Å². The first kappa shape index (κ1) is 24.6. The molecule has 0 radical (unpaired) electrons. The fraction of sp³-hybridized carbons (Fsp3) is 0.269. The van der Waals surface area contributed by atoms with E-state index in [4.69, 9.17) is 9.47 Å². The summed E-state index contributed by atoms with van der Waals surface area (Å²) in [7, 11) is 1.67. The van der Waals surface area contributed by atoms with E-state index in [2.05, 4.69) is 15.7 Å². The number of rotatable bonds is 4. The number of amides is 1. The predicted octanol–water partition coefficient (Wildman–Crippen LogP) is 4.32. The van der Waals surface area contributed by atoms with Gasteiger partial charge in [0.05, 0.1) is 23.6 Å². The Morgan fingerprint density at radius 1 is 1.13 bits per heavy atom. The number of anilines is 2. The van der Waals surface area contributed by atoms with Gasteiger partial charge in [-0.25, -0.2) is 9.36 Å². The highest BCUT2D eigenvalue weighted by Gasteiger charge is 2.47. The zero-order valence-electron chi connectivity index (χ0n) is 20.8. The minimum atomic E-state index is -4.62. The van der Waals surface area contributed by atoms with E-state index in [1.165, 1.54) is 4.68 Å². The van der Waals surface area contributed by atoms with E-state index in [-0.39, 0.29) is 30.3 Å². The summed E-state index contributed by atoms with van der Waals surface area (Å²) in [4.78, 5) is 26.6. The molecule has 2 aromatic heterocycles.